The lowest BCUT2D eigenvalue weighted by Gasteiger charge is -2.04. The van der Waals surface area contributed by atoms with Crippen molar-refractivity contribution in [1.82, 2.24) is 0 Å². The first-order valence-electron chi connectivity index (χ1n) is 4.02. The molecule has 0 aromatic heterocycles. The van der Waals surface area contributed by atoms with Gasteiger partial charge in [-0.05, 0) is 30.6 Å². The quantitative estimate of drug-likeness (QED) is 0.563. The van der Waals surface area contributed by atoms with Gasteiger partial charge in [0.1, 0.15) is 0 Å². The molecule has 0 bridgehead atoms. The van der Waals surface area contributed by atoms with Crippen LogP contribution in [-0.4, -0.2) is 11.2 Å². The van der Waals surface area contributed by atoms with Crippen LogP contribution < -0.4 is 0 Å². The first-order valence-corrected chi connectivity index (χ1v) is 4.02. The fourth-order valence-corrected chi connectivity index (χ4v) is 2.58. The number of aliphatic hydroxyl groups is 1. The topological polar surface area (TPSA) is 20.2 Å². The molecule has 2 saturated carbocycles. The van der Waals surface area contributed by atoms with Crippen molar-refractivity contribution in [3.63, 3.8) is 0 Å². The van der Waals surface area contributed by atoms with Gasteiger partial charge in [-0.3, -0.25) is 0 Å². The molecule has 0 radical (unpaired) electrons. The fraction of sp³-hybridized carbons (Fsp3) is 1.00. The van der Waals surface area contributed by atoms with Gasteiger partial charge in [0, 0.05) is 0 Å². The van der Waals surface area contributed by atoms with E-state index in [-0.39, 0.29) is 6.10 Å². The molecule has 0 spiro atoms. The molecule has 0 saturated heterocycles. The van der Waals surface area contributed by atoms with Gasteiger partial charge >= 0.3 is 0 Å². The molecule has 4 atom stereocenters. The molecule has 0 aromatic rings. The van der Waals surface area contributed by atoms with Crippen LogP contribution in [0.15, 0.2) is 0 Å². The number of aliphatic hydroxyl groups excluding tert-OH is 1. The number of hydrogen-bond donors (Lipinski definition) is 1. The van der Waals surface area contributed by atoms with Crippen LogP contribution in [0.2, 0.25) is 0 Å². The highest BCUT2D eigenvalue weighted by Gasteiger charge is 2.55. The highest BCUT2D eigenvalue weighted by atomic mass is 16.3. The molecule has 1 N–H and O–H groups in total. The van der Waals surface area contributed by atoms with Crippen LogP contribution in [0.25, 0.3) is 0 Å². The van der Waals surface area contributed by atoms with E-state index in [1.165, 1.54) is 12.8 Å². The van der Waals surface area contributed by atoms with Crippen LogP contribution in [0, 0.1) is 17.8 Å². The van der Waals surface area contributed by atoms with Crippen molar-refractivity contribution in [1.29, 1.82) is 0 Å². The van der Waals surface area contributed by atoms with E-state index in [1.54, 1.807) is 0 Å². The summed E-state index contributed by atoms with van der Waals surface area (Å²) < 4.78 is 0. The first kappa shape index (κ1) is 5.72. The van der Waals surface area contributed by atoms with Gasteiger partial charge in [0.25, 0.3) is 0 Å². The van der Waals surface area contributed by atoms with Gasteiger partial charge in [-0.1, -0.05) is 13.3 Å². The lowest BCUT2D eigenvalue weighted by Crippen LogP contribution is -2.06. The molecule has 9 heavy (non-hydrogen) atoms. The van der Waals surface area contributed by atoms with E-state index in [9.17, 15) is 5.11 Å². The van der Waals surface area contributed by atoms with Crippen molar-refractivity contribution in [2.45, 2.75) is 32.3 Å². The molecule has 2 aliphatic carbocycles. The molecule has 0 amide bonds. The zero-order valence-electron chi connectivity index (χ0n) is 5.88. The molecular weight excluding hydrogens is 112 g/mol. The molecular formula is C8H14O. The Morgan fingerprint density at radius 1 is 1.44 bits per heavy atom. The normalized spacial score (nSPS) is 55.3. The number of hydrogen-bond acceptors (Lipinski definition) is 1. The Balaban J connectivity index is 1.98. The molecule has 2 aliphatic rings. The number of fused-ring (bicyclic) bond motifs is 1. The molecule has 2 fully saturated rings. The van der Waals surface area contributed by atoms with Gasteiger partial charge in [-0.15, -0.1) is 0 Å². The molecule has 2 rings (SSSR count). The van der Waals surface area contributed by atoms with Crippen molar-refractivity contribution in [3.8, 4) is 0 Å². The second-order valence-electron chi connectivity index (χ2n) is 3.46. The maximum absolute atomic E-state index is 9.34. The lowest BCUT2D eigenvalue weighted by molar-refractivity contribution is 0.149. The lowest BCUT2D eigenvalue weighted by atomic mass is 10.1. The van der Waals surface area contributed by atoms with Gasteiger partial charge in [-0.2, -0.15) is 0 Å². The van der Waals surface area contributed by atoms with Crippen LogP contribution in [-0.2, 0) is 0 Å². The largest absolute Gasteiger partial charge is 0.393 e. The highest BCUT2D eigenvalue weighted by Crippen LogP contribution is 2.58. The Kier molecular flexibility index (Phi) is 1.10. The van der Waals surface area contributed by atoms with E-state index in [0.29, 0.717) is 0 Å². The van der Waals surface area contributed by atoms with Crippen molar-refractivity contribution in [2.24, 2.45) is 17.8 Å². The zero-order valence-corrected chi connectivity index (χ0v) is 5.88. The first-order chi connectivity index (χ1) is 4.34. The predicted octanol–water partition coefficient (Wildman–Crippen LogP) is 1.41. The summed E-state index contributed by atoms with van der Waals surface area (Å²) in [5, 5.41) is 9.34. The third-order valence-electron chi connectivity index (χ3n) is 3.11. The fourth-order valence-electron chi connectivity index (χ4n) is 2.58. The average molecular weight is 126 g/mol. The van der Waals surface area contributed by atoms with Crippen molar-refractivity contribution < 1.29 is 5.11 Å². The smallest absolute Gasteiger partial charge is 0.0574 e. The van der Waals surface area contributed by atoms with Crippen LogP contribution in [0.4, 0.5) is 0 Å². The summed E-state index contributed by atoms with van der Waals surface area (Å²) in [6.07, 6.45) is 3.72. The molecule has 0 heterocycles. The summed E-state index contributed by atoms with van der Waals surface area (Å²) >= 11 is 0. The maximum Gasteiger partial charge on any atom is 0.0574 e. The third-order valence-corrected chi connectivity index (χ3v) is 3.11. The SMILES string of the molecule is CC[C@H]1[C@@H]2CC[C@@H](O)[C@H]12. The molecule has 0 unspecified atom stereocenters. The molecule has 0 aromatic carbocycles. The molecule has 0 aliphatic heterocycles. The van der Waals surface area contributed by atoms with E-state index >= 15 is 0 Å². The minimum atomic E-state index is 0.0694. The molecule has 1 heteroatoms. The Morgan fingerprint density at radius 3 is 2.56 bits per heavy atom. The third kappa shape index (κ3) is 0.644. The van der Waals surface area contributed by atoms with Crippen molar-refractivity contribution in [3.05, 3.63) is 0 Å². The summed E-state index contributed by atoms with van der Waals surface area (Å²) in [5.41, 5.74) is 0. The second kappa shape index (κ2) is 1.72. The van der Waals surface area contributed by atoms with E-state index in [1.807, 2.05) is 0 Å². The summed E-state index contributed by atoms with van der Waals surface area (Å²) in [4.78, 5) is 0. The maximum atomic E-state index is 9.34. The summed E-state index contributed by atoms with van der Waals surface area (Å²) in [5.74, 6) is 2.54. The van der Waals surface area contributed by atoms with E-state index in [2.05, 4.69) is 6.92 Å². The van der Waals surface area contributed by atoms with Gasteiger partial charge in [0.15, 0.2) is 0 Å². The summed E-state index contributed by atoms with van der Waals surface area (Å²) in [6, 6.07) is 0. The van der Waals surface area contributed by atoms with E-state index < -0.39 is 0 Å². The minimum absolute atomic E-state index is 0.0694. The van der Waals surface area contributed by atoms with Gasteiger partial charge in [-0.25, -0.2) is 0 Å². The van der Waals surface area contributed by atoms with Crippen LogP contribution in [0.3, 0.4) is 0 Å². The standard InChI is InChI=1S/C8H14O/c1-2-5-6-3-4-7(9)8(5)6/h5-9H,2-4H2,1H3/t5-,6-,7+,8+/m0/s1. The van der Waals surface area contributed by atoms with Crippen LogP contribution >= 0.6 is 0 Å². The second-order valence-corrected chi connectivity index (χ2v) is 3.46. The minimum Gasteiger partial charge on any atom is -0.393 e. The summed E-state index contributed by atoms with van der Waals surface area (Å²) in [6.45, 7) is 2.23. The highest BCUT2D eigenvalue weighted by molar-refractivity contribution is 5.04. The Labute approximate surface area is 56.1 Å². The van der Waals surface area contributed by atoms with Gasteiger partial charge in [0.05, 0.1) is 6.10 Å². The Hall–Kier alpha value is -0.0400. The van der Waals surface area contributed by atoms with Gasteiger partial charge < -0.3 is 5.11 Å². The Morgan fingerprint density at radius 2 is 2.22 bits per heavy atom. The predicted molar refractivity (Wildman–Crippen MR) is 36.0 cm³/mol. The average Bonchev–Trinajstić information content (AvgIpc) is 2.46. The zero-order chi connectivity index (χ0) is 6.43. The monoisotopic (exact) mass is 126 g/mol. The van der Waals surface area contributed by atoms with E-state index in [4.69, 9.17) is 0 Å². The van der Waals surface area contributed by atoms with Gasteiger partial charge in [0.2, 0.25) is 0 Å². The van der Waals surface area contributed by atoms with Crippen molar-refractivity contribution in [2.75, 3.05) is 0 Å². The van der Waals surface area contributed by atoms with Crippen LogP contribution in [0.1, 0.15) is 26.2 Å². The molecule has 1 nitrogen and oxygen atoms in total. The Bertz CT molecular complexity index is 118. The van der Waals surface area contributed by atoms with Crippen molar-refractivity contribution >= 4 is 0 Å². The van der Waals surface area contributed by atoms with Crippen LogP contribution in [0.5, 0.6) is 0 Å². The molecule has 52 valence electrons. The number of rotatable bonds is 1. The summed E-state index contributed by atoms with van der Waals surface area (Å²) in [7, 11) is 0. The van der Waals surface area contributed by atoms with E-state index in [0.717, 1.165) is 24.2 Å².